The zero-order valence-corrected chi connectivity index (χ0v) is 9.60. The van der Waals surface area contributed by atoms with Gasteiger partial charge in [0, 0.05) is 19.6 Å². The molecule has 17 heavy (non-hydrogen) atoms. The molecule has 90 valence electrons. The first-order valence-corrected chi connectivity index (χ1v) is 6.00. The predicted molar refractivity (Wildman–Crippen MR) is 63.8 cm³/mol. The van der Waals surface area contributed by atoms with Gasteiger partial charge in [0.1, 0.15) is 5.52 Å². The summed E-state index contributed by atoms with van der Waals surface area (Å²) in [5, 5.41) is 0. The summed E-state index contributed by atoms with van der Waals surface area (Å²) < 4.78 is 17.7. The third kappa shape index (κ3) is 2.05. The molecule has 1 aliphatic rings. The van der Waals surface area contributed by atoms with Crippen LogP contribution in [0.25, 0.3) is 11.1 Å². The van der Waals surface area contributed by atoms with Gasteiger partial charge in [-0.05, 0) is 18.6 Å². The number of nitrogens with zero attached hydrogens (tertiary/aromatic N) is 2. The van der Waals surface area contributed by atoms with Crippen LogP contribution in [0.3, 0.4) is 0 Å². The van der Waals surface area contributed by atoms with Crippen LogP contribution in [-0.4, -0.2) is 36.2 Å². The van der Waals surface area contributed by atoms with Gasteiger partial charge in [0.15, 0.2) is 5.58 Å². The molecule has 4 heteroatoms. The molecule has 0 bridgehead atoms. The second-order valence-corrected chi connectivity index (χ2v) is 4.52. The van der Waals surface area contributed by atoms with E-state index in [1.165, 1.54) is 0 Å². The number of hydrogen-bond donors (Lipinski definition) is 0. The highest BCUT2D eigenvalue weighted by Gasteiger charge is 2.31. The van der Waals surface area contributed by atoms with Crippen LogP contribution >= 0.6 is 0 Å². The summed E-state index contributed by atoms with van der Waals surface area (Å²) in [6.07, 6.45) is 0.625. The Morgan fingerprint density at radius 1 is 1.35 bits per heavy atom. The highest BCUT2D eigenvalue weighted by Crippen LogP contribution is 2.28. The van der Waals surface area contributed by atoms with Gasteiger partial charge in [-0.15, -0.1) is 0 Å². The number of alkyl halides is 1. The summed E-state index contributed by atoms with van der Waals surface area (Å²) in [4.78, 5) is 6.72. The van der Waals surface area contributed by atoms with E-state index in [0.717, 1.165) is 36.6 Å². The van der Waals surface area contributed by atoms with E-state index < -0.39 is 0 Å². The van der Waals surface area contributed by atoms with Gasteiger partial charge in [-0.25, -0.2) is 4.98 Å². The molecule has 0 amide bonds. The highest BCUT2D eigenvalue weighted by molar-refractivity contribution is 5.72. The normalized spacial score (nSPS) is 17.5. The lowest BCUT2D eigenvalue weighted by atomic mass is 10.00. The average molecular weight is 234 g/mol. The van der Waals surface area contributed by atoms with E-state index in [2.05, 4.69) is 9.88 Å². The predicted octanol–water partition coefficient (Wildman–Crippen LogP) is 2.59. The summed E-state index contributed by atoms with van der Waals surface area (Å²) in [6, 6.07) is 7.81. The lowest BCUT2D eigenvalue weighted by Gasteiger charge is -2.37. The molecule has 1 aromatic carbocycles. The van der Waals surface area contributed by atoms with Crippen molar-refractivity contribution in [2.45, 2.75) is 12.3 Å². The molecule has 2 heterocycles. The van der Waals surface area contributed by atoms with E-state index >= 15 is 0 Å². The van der Waals surface area contributed by atoms with Crippen molar-refractivity contribution < 1.29 is 8.81 Å². The van der Waals surface area contributed by atoms with Crippen molar-refractivity contribution in [3.05, 3.63) is 30.2 Å². The zero-order valence-electron chi connectivity index (χ0n) is 9.60. The van der Waals surface area contributed by atoms with Crippen molar-refractivity contribution in [2.75, 3.05) is 26.3 Å². The van der Waals surface area contributed by atoms with Crippen LogP contribution in [0.15, 0.2) is 28.7 Å². The molecule has 2 aromatic rings. The van der Waals surface area contributed by atoms with Crippen molar-refractivity contribution in [3.8, 4) is 0 Å². The Labute approximate surface area is 99.2 Å². The van der Waals surface area contributed by atoms with Crippen molar-refractivity contribution in [3.63, 3.8) is 0 Å². The molecule has 1 saturated heterocycles. The fourth-order valence-electron chi connectivity index (χ4n) is 2.26. The maximum absolute atomic E-state index is 12.0. The van der Waals surface area contributed by atoms with Crippen LogP contribution in [0, 0.1) is 0 Å². The minimum atomic E-state index is -0.232. The van der Waals surface area contributed by atoms with Crippen LogP contribution in [0.5, 0.6) is 0 Å². The molecule has 3 rings (SSSR count). The Morgan fingerprint density at radius 2 is 2.18 bits per heavy atom. The maximum Gasteiger partial charge on any atom is 0.201 e. The molecule has 0 unspecified atom stereocenters. The number of oxazole rings is 1. The quantitative estimate of drug-likeness (QED) is 0.814. The topological polar surface area (TPSA) is 29.3 Å². The zero-order chi connectivity index (χ0) is 11.7. The molecule has 1 aromatic heterocycles. The Balaban J connectivity index is 1.66. The van der Waals surface area contributed by atoms with Crippen molar-refractivity contribution >= 4 is 11.1 Å². The number of fused-ring (bicyclic) bond motifs is 1. The van der Waals surface area contributed by atoms with Gasteiger partial charge in [-0.2, -0.15) is 0 Å². The van der Waals surface area contributed by atoms with Crippen molar-refractivity contribution in [2.24, 2.45) is 0 Å². The minimum absolute atomic E-state index is 0.232. The lowest BCUT2D eigenvalue weighted by molar-refractivity contribution is 0.127. The van der Waals surface area contributed by atoms with Gasteiger partial charge in [0.2, 0.25) is 5.89 Å². The Hall–Kier alpha value is -1.42. The number of likely N-dealkylation sites (tertiary alicyclic amines) is 1. The van der Waals surface area contributed by atoms with Crippen LogP contribution < -0.4 is 0 Å². The monoisotopic (exact) mass is 234 g/mol. The molecule has 1 fully saturated rings. The highest BCUT2D eigenvalue weighted by atomic mass is 19.1. The van der Waals surface area contributed by atoms with Gasteiger partial charge >= 0.3 is 0 Å². The van der Waals surface area contributed by atoms with Crippen LogP contribution in [0.4, 0.5) is 4.39 Å². The first-order valence-electron chi connectivity index (χ1n) is 6.00. The second-order valence-electron chi connectivity index (χ2n) is 4.52. The SMILES string of the molecule is FCCCN1CC(c2nc3ccccc3o2)C1. The standard InChI is InChI=1S/C13H15FN2O/c14-6-3-7-16-8-10(9-16)13-15-11-4-1-2-5-12(11)17-13/h1-2,4-5,10H,3,6-9H2. The molecule has 0 aliphatic carbocycles. The molecular weight excluding hydrogens is 219 g/mol. The van der Waals surface area contributed by atoms with Gasteiger partial charge in [-0.1, -0.05) is 12.1 Å². The van der Waals surface area contributed by atoms with Crippen molar-refractivity contribution in [1.82, 2.24) is 9.88 Å². The third-order valence-corrected chi connectivity index (χ3v) is 3.22. The number of halogens is 1. The third-order valence-electron chi connectivity index (χ3n) is 3.22. The van der Waals surface area contributed by atoms with E-state index in [0.29, 0.717) is 12.3 Å². The number of rotatable bonds is 4. The molecule has 0 spiro atoms. The molecule has 0 saturated carbocycles. The Kier molecular flexibility index (Phi) is 2.81. The van der Waals surface area contributed by atoms with E-state index in [4.69, 9.17) is 4.42 Å². The average Bonchev–Trinajstić information content (AvgIpc) is 2.70. The van der Waals surface area contributed by atoms with Crippen molar-refractivity contribution in [1.29, 1.82) is 0 Å². The lowest BCUT2D eigenvalue weighted by Crippen LogP contribution is -2.45. The van der Waals surface area contributed by atoms with E-state index in [-0.39, 0.29) is 6.67 Å². The van der Waals surface area contributed by atoms with Crippen LogP contribution in [0.1, 0.15) is 18.2 Å². The number of aromatic nitrogens is 1. The van der Waals surface area contributed by atoms with Gasteiger partial charge in [0.05, 0.1) is 12.6 Å². The van der Waals surface area contributed by atoms with Gasteiger partial charge < -0.3 is 9.32 Å². The molecule has 0 atom stereocenters. The largest absolute Gasteiger partial charge is 0.440 e. The Morgan fingerprint density at radius 3 is 2.94 bits per heavy atom. The number of benzene rings is 1. The Bertz CT molecular complexity index is 472. The minimum Gasteiger partial charge on any atom is -0.440 e. The fourth-order valence-corrected chi connectivity index (χ4v) is 2.26. The van der Waals surface area contributed by atoms with Crippen LogP contribution in [-0.2, 0) is 0 Å². The maximum atomic E-state index is 12.0. The molecule has 0 N–H and O–H groups in total. The smallest absolute Gasteiger partial charge is 0.201 e. The summed E-state index contributed by atoms with van der Waals surface area (Å²) in [7, 11) is 0. The van der Waals surface area contributed by atoms with Gasteiger partial charge in [-0.3, -0.25) is 4.39 Å². The molecule has 1 aliphatic heterocycles. The summed E-state index contributed by atoms with van der Waals surface area (Å²) in [5.41, 5.74) is 1.77. The molecule has 3 nitrogen and oxygen atoms in total. The van der Waals surface area contributed by atoms with E-state index in [9.17, 15) is 4.39 Å². The fraction of sp³-hybridized carbons (Fsp3) is 0.462. The first-order chi connectivity index (χ1) is 8.36. The summed E-state index contributed by atoms with van der Waals surface area (Å²) in [6.45, 7) is 2.48. The molecule has 0 radical (unpaired) electrons. The van der Waals surface area contributed by atoms with Crippen LogP contribution in [0.2, 0.25) is 0 Å². The summed E-state index contributed by atoms with van der Waals surface area (Å²) in [5.74, 6) is 1.20. The summed E-state index contributed by atoms with van der Waals surface area (Å²) >= 11 is 0. The van der Waals surface area contributed by atoms with E-state index in [1.54, 1.807) is 0 Å². The number of para-hydroxylation sites is 2. The first kappa shape index (κ1) is 10.7. The van der Waals surface area contributed by atoms with Gasteiger partial charge in [0.25, 0.3) is 0 Å². The number of hydrogen-bond acceptors (Lipinski definition) is 3. The molecular formula is C13H15FN2O. The van der Waals surface area contributed by atoms with E-state index in [1.807, 2.05) is 24.3 Å². The second kappa shape index (κ2) is 4.45.